The monoisotopic (exact) mass is 415 g/mol. The number of hydrogen-bond acceptors (Lipinski definition) is 3. The maximum atomic E-state index is 13.7. The molecule has 0 aromatic heterocycles. The van der Waals surface area contributed by atoms with Gasteiger partial charge in [0.2, 0.25) is 0 Å². The van der Waals surface area contributed by atoms with Gasteiger partial charge in [-0.1, -0.05) is 23.7 Å². The molecule has 8 heteroatoms. The molecule has 1 amide bonds. The lowest BCUT2D eigenvalue weighted by Gasteiger charge is -2.12. The average molecular weight is 416 g/mol. The van der Waals surface area contributed by atoms with E-state index in [-0.39, 0.29) is 16.4 Å². The maximum Gasteiger partial charge on any atom is 0.258 e. The smallest absolute Gasteiger partial charge is 0.258 e. The second kappa shape index (κ2) is 8.69. The van der Waals surface area contributed by atoms with Gasteiger partial charge in [-0.3, -0.25) is 4.79 Å². The number of carbonyl (C=O) groups is 1. The zero-order chi connectivity index (χ0) is 20.1. The predicted molar refractivity (Wildman–Crippen MR) is 114 cm³/mol. The summed E-state index contributed by atoms with van der Waals surface area (Å²) < 4.78 is 13.7. The Bertz CT molecular complexity index is 1030. The van der Waals surface area contributed by atoms with Gasteiger partial charge in [0, 0.05) is 22.5 Å². The van der Waals surface area contributed by atoms with Crippen LogP contribution in [0.1, 0.15) is 10.4 Å². The Balaban J connectivity index is 1.60. The summed E-state index contributed by atoms with van der Waals surface area (Å²) in [6.45, 7) is 0. The Morgan fingerprint density at radius 2 is 1.57 bits per heavy atom. The molecule has 28 heavy (non-hydrogen) atoms. The van der Waals surface area contributed by atoms with Crippen LogP contribution < -0.4 is 16.0 Å². The van der Waals surface area contributed by atoms with E-state index in [0.717, 1.165) is 0 Å². The van der Waals surface area contributed by atoms with E-state index >= 15 is 0 Å². The summed E-state index contributed by atoms with van der Waals surface area (Å²) in [5.74, 6) is -1.14. The van der Waals surface area contributed by atoms with Crippen molar-refractivity contribution in [2.75, 3.05) is 16.0 Å². The lowest BCUT2D eigenvalue weighted by molar-refractivity contribution is 0.102. The molecule has 142 valence electrons. The van der Waals surface area contributed by atoms with Crippen molar-refractivity contribution in [3.05, 3.63) is 83.1 Å². The van der Waals surface area contributed by atoms with Gasteiger partial charge in [0.25, 0.3) is 5.91 Å². The minimum atomic E-state index is -0.583. The Morgan fingerprint density at radius 3 is 2.21 bits per heavy atom. The lowest BCUT2D eigenvalue weighted by Crippen LogP contribution is -2.19. The van der Waals surface area contributed by atoms with Crippen LogP contribution in [0, 0.1) is 5.82 Å². The summed E-state index contributed by atoms with van der Waals surface area (Å²) in [6, 6.07) is 17.1. The number of phenols is 1. The third-order valence-electron chi connectivity index (χ3n) is 3.73. The van der Waals surface area contributed by atoms with Crippen LogP contribution >= 0.6 is 23.8 Å². The largest absolute Gasteiger partial charge is 0.506 e. The van der Waals surface area contributed by atoms with E-state index in [2.05, 4.69) is 16.0 Å². The van der Waals surface area contributed by atoms with Crippen molar-refractivity contribution < 1.29 is 14.3 Å². The van der Waals surface area contributed by atoms with Crippen LogP contribution in [0.3, 0.4) is 0 Å². The molecule has 0 aliphatic rings. The number of nitrogens with one attached hydrogen (secondary N) is 3. The molecule has 3 rings (SSSR count). The SMILES string of the molecule is O=C(Nc1ccc(NC(=S)Nc2ccc(Cl)cc2O)cc1)c1ccccc1F. The van der Waals surface area contributed by atoms with Gasteiger partial charge >= 0.3 is 0 Å². The van der Waals surface area contributed by atoms with Crippen LogP contribution in [0.15, 0.2) is 66.7 Å². The van der Waals surface area contributed by atoms with Crippen LogP contribution in [-0.2, 0) is 0 Å². The highest BCUT2D eigenvalue weighted by atomic mass is 35.5. The number of thiocarbonyl (C=S) groups is 1. The number of phenolic OH excluding ortho intramolecular Hbond substituents is 1. The fraction of sp³-hybridized carbons (Fsp3) is 0. The number of halogens is 2. The predicted octanol–water partition coefficient (Wildman–Crippen LogP) is 5.25. The van der Waals surface area contributed by atoms with E-state index in [1.165, 1.54) is 24.3 Å². The first-order valence-electron chi connectivity index (χ1n) is 8.15. The second-order valence-corrected chi connectivity index (χ2v) is 6.60. The zero-order valence-electron chi connectivity index (χ0n) is 14.4. The van der Waals surface area contributed by atoms with E-state index in [9.17, 15) is 14.3 Å². The summed E-state index contributed by atoms with van der Waals surface area (Å²) in [7, 11) is 0. The Morgan fingerprint density at radius 1 is 0.929 bits per heavy atom. The zero-order valence-corrected chi connectivity index (χ0v) is 15.9. The number of carbonyl (C=O) groups excluding carboxylic acids is 1. The van der Waals surface area contributed by atoms with Crippen molar-refractivity contribution in [2.45, 2.75) is 0 Å². The van der Waals surface area contributed by atoms with E-state index in [4.69, 9.17) is 23.8 Å². The molecular formula is C20H15ClFN3O2S. The summed E-state index contributed by atoms with van der Waals surface area (Å²) >= 11 is 11.0. The fourth-order valence-electron chi connectivity index (χ4n) is 2.38. The van der Waals surface area contributed by atoms with Gasteiger partial charge in [0.05, 0.1) is 11.3 Å². The van der Waals surface area contributed by atoms with Crippen LogP contribution in [-0.4, -0.2) is 16.1 Å². The first-order chi connectivity index (χ1) is 13.4. The summed E-state index contributed by atoms with van der Waals surface area (Å²) in [6.07, 6.45) is 0. The van der Waals surface area contributed by atoms with Crippen molar-refractivity contribution in [1.82, 2.24) is 0 Å². The number of amides is 1. The molecule has 0 unspecified atom stereocenters. The summed E-state index contributed by atoms with van der Waals surface area (Å²) in [4.78, 5) is 12.1. The van der Waals surface area contributed by atoms with Crippen molar-refractivity contribution in [3.63, 3.8) is 0 Å². The van der Waals surface area contributed by atoms with Gasteiger partial charge in [-0.25, -0.2) is 4.39 Å². The molecule has 0 spiro atoms. The van der Waals surface area contributed by atoms with Gasteiger partial charge in [-0.05, 0) is 60.7 Å². The molecule has 0 radical (unpaired) electrons. The van der Waals surface area contributed by atoms with Gasteiger partial charge in [0.15, 0.2) is 5.11 Å². The normalized spacial score (nSPS) is 10.2. The molecule has 5 nitrogen and oxygen atoms in total. The second-order valence-electron chi connectivity index (χ2n) is 5.75. The van der Waals surface area contributed by atoms with Crippen molar-refractivity contribution in [1.29, 1.82) is 0 Å². The fourth-order valence-corrected chi connectivity index (χ4v) is 2.77. The van der Waals surface area contributed by atoms with Gasteiger partial charge in [0.1, 0.15) is 11.6 Å². The van der Waals surface area contributed by atoms with E-state index in [1.807, 2.05) is 0 Å². The van der Waals surface area contributed by atoms with E-state index in [0.29, 0.717) is 22.1 Å². The number of benzene rings is 3. The molecule has 0 atom stereocenters. The number of anilines is 3. The molecule has 4 N–H and O–H groups in total. The third-order valence-corrected chi connectivity index (χ3v) is 4.17. The molecule has 0 saturated heterocycles. The molecule has 3 aromatic rings. The van der Waals surface area contributed by atoms with Crippen LogP contribution in [0.2, 0.25) is 5.02 Å². The first kappa shape index (κ1) is 19.6. The maximum absolute atomic E-state index is 13.7. The van der Waals surface area contributed by atoms with Crippen molar-refractivity contribution in [3.8, 4) is 5.75 Å². The van der Waals surface area contributed by atoms with Crippen LogP contribution in [0.5, 0.6) is 5.75 Å². The van der Waals surface area contributed by atoms with E-state index in [1.54, 1.807) is 42.5 Å². The van der Waals surface area contributed by atoms with Gasteiger partial charge in [-0.2, -0.15) is 0 Å². The quantitative estimate of drug-likeness (QED) is 0.346. The first-order valence-corrected chi connectivity index (χ1v) is 8.93. The van der Waals surface area contributed by atoms with Crippen LogP contribution in [0.4, 0.5) is 21.5 Å². The van der Waals surface area contributed by atoms with Crippen LogP contribution in [0.25, 0.3) is 0 Å². The Labute approximate surface area is 171 Å². The van der Waals surface area contributed by atoms with Crippen molar-refractivity contribution >= 4 is 51.9 Å². The molecule has 0 aliphatic heterocycles. The van der Waals surface area contributed by atoms with E-state index < -0.39 is 11.7 Å². The minimum Gasteiger partial charge on any atom is -0.506 e. The third kappa shape index (κ3) is 4.97. The highest BCUT2D eigenvalue weighted by molar-refractivity contribution is 7.80. The average Bonchev–Trinajstić information content (AvgIpc) is 2.66. The highest BCUT2D eigenvalue weighted by Gasteiger charge is 2.11. The van der Waals surface area contributed by atoms with Crippen molar-refractivity contribution in [2.24, 2.45) is 0 Å². The number of hydrogen-bond donors (Lipinski definition) is 4. The molecule has 0 fully saturated rings. The van der Waals surface area contributed by atoms with Gasteiger partial charge in [-0.15, -0.1) is 0 Å². The number of rotatable bonds is 4. The topological polar surface area (TPSA) is 73.4 Å². The summed E-state index contributed by atoms with van der Waals surface area (Å²) in [5.41, 5.74) is 1.55. The molecule has 3 aromatic carbocycles. The standard InChI is InChI=1S/C20H15ClFN3O2S/c21-12-5-10-17(18(26)11-12)25-20(28)24-14-8-6-13(7-9-14)23-19(27)15-3-1-2-4-16(15)22/h1-11,26H,(H,23,27)(H2,24,25,28). The number of aromatic hydroxyl groups is 1. The molecular weight excluding hydrogens is 401 g/mol. The molecule has 0 heterocycles. The molecule has 0 bridgehead atoms. The molecule has 0 aliphatic carbocycles. The molecule has 0 saturated carbocycles. The highest BCUT2D eigenvalue weighted by Crippen LogP contribution is 2.26. The summed E-state index contributed by atoms with van der Waals surface area (Å²) in [5, 5.41) is 19.0. The Hall–Kier alpha value is -3.16. The lowest BCUT2D eigenvalue weighted by atomic mass is 10.2. The van der Waals surface area contributed by atoms with Gasteiger partial charge < -0.3 is 21.1 Å². The minimum absolute atomic E-state index is 0.0251. The Kier molecular flexibility index (Phi) is 6.08.